The molecule has 1 aliphatic heterocycles. The summed E-state index contributed by atoms with van der Waals surface area (Å²) in [5, 5.41) is 18.6. The van der Waals surface area contributed by atoms with Crippen molar-refractivity contribution in [1.29, 1.82) is 0 Å². The molecule has 2 atom stereocenters. The van der Waals surface area contributed by atoms with E-state index in [0.29, 0.717) is 0 Å². The van der Waals surface area contributed by atoms with Crippen molar-refractivity contribution in [2.45, 2.75) is 12.2 Å². The van der Waals surface area contributed by atoms with Gasteiger partial charge < -0.3 is 19.5 Å². The second-order valence-electron chi connectivity index (χ2n) is 3.69. The van der Waals surface area contributed by atoms with Gasteiger partial charge in [-0.2, -0.15) is 0 Å². The van der Waals surface area contributed by atoms with Gasteiger partial charge in [-0.25, -0.2) is 4.79 Å². The van der Waals surface area contributed by atoms with Gasteiger partial charge in [0.05, 0.1) is 17.8 Å². The van der Waals surface area contributed by atoms with Crippen LogP contribution in [0.1, 0.15) is 10.4 Å². The molecule has 2 rings (SSSR count). The van der Waals surface area contributed by atoms with Crippen LogP contribution < -0.4 is 5.63 Å². The number of aliphatic hydroxyl groups is 2. The van der Waals surface area contributed by atoms with Gasteiger partial charge in [-0.15, -0.1) is 0 Å². The zero-order valence-corrected chi connectivity index (χ0v) is 8.37. The van der Waals surface area contributed by atoms with Gasteiger partial charge in [0.25, 0.3) is 5.91 Å². The van der Waals surface area contributed by atoms with Crippen molar-refractivity contribution in [3.05, 3.63) is 34.4 Å². The summed E-state index contributed by atoms with van der Waals surface area (Å²) in [6, 6.07) is 2.50. The van der Waals surface area contributed by atoms with Crippen LogP contribution in [0.5, 0.6) is 0 Å². The Labute approximate surface area is 90.7 Å². The number of nitrogens with zero attached hydrogens (tertiary/aromatic N) is 1. The van der Waals surface area contributed by atoms with Gasteiger partial charge in [0.15, 0.2) is 0 Å². The van der Waals surface area contributed by atoms with Gasteiger partial charge in [0, 0.05) is 19.2 Å². The Morgan fingerprint density at radius 2 is 1.94 bits per heavy atom. The number of β-amino-alcohol motifs (C(OH)–C–C–N with tert-alkyl or cyclic N) is 2. The van der Waals surface area contributed by atoms with E-state index in [9.17, 15) is 19.8 Å². The highest BCUT2D eigenvalue weighted by molar-refractivity contribution is 5.94. The smallest absolute Gasteiger partial charge is 0.335 e. The van der Waals surface area contributed by atoms with E-state index < -0.39 is 17.8 Å². The fraction of sp³-hybridized carbons (Fsp3) is 0.400. The third-order valence-corrected chi connectivity index (χ3v) is 2.49. The van der Waals surface area contributed by atoms with E-state index in [0.717, 1.165) is 12.3 Å². The Bertz CT molecular complexity index is 424. The number of hydrogen-bond acceptors (Lipinski definition) is 5. The molecule has 0 aliphatic carbocycles. The van der Waals surface area contributed by atoms with E-state index in [4.69, 9.17) is 0 Å². The zero-order chi connectivity index (χ0) is 11.7. The molecule has 0 aromatic carbocycles. The topological polar surface area (TPSA) is 91.0 Å². The number of hydrogen-bond donors (Lipinski definition) is 2. The predicted molar refractivity (Wildman–Crippen MR) is 52.9 cm³/mol. The highest BCUT2D eigenvalue weighted by Gasteiger charge is 2.33. The molecule has 1 amide bonds. The van der Waals surface area contributed by atoms with Crippen molar-refractivity contribution in [2.24, 2.45) is 0 Å². The molecule has 0 saturated carbocycles. The molecule has 86 valence electrons. The first kappa shape index (κ1) is 10.8. The Kier molecular flexibility index (Phi) is 2.76. The largest absolute Gasteiger partial charge is 0.430 e. The highest BCUT2D eigenvalue weighted by atomic mass is 16.4. The Balaban J connectivity index is 2.14. The molecule has 1 saturated heterocycles. The maximum absolute atomic E-state index is 11.8. The third-order valence-electron chi connectivity index (χ3n) is 2.49. The lowest BCUT2D eigenvalue weighted by Crippen LogP contribution is -2.29. The minimum atomic E-state index is -0.917. The molecule has 0 bridgehead atoms. The number of rotatable bonds is 1. The first-order valence-corrected chi connectivity index (χ1v) is 4.82. The van der Waals surface area contributed by atoms with Crippen molar-refractivity contribution in [2.75, 3.05) is 13.1 Å². The Morgan fingerprint density at radius 3 is 2.44 bits per heavy atom. The fourth-order valence-electron chi connectivity index (χ4n) is 1.60. The lowest BCUT2D eigenvalue weighted by molar-refractivity contribution is 0.0572. The molecule has 16 heavy (non-hydrogen) atoms. The molecule has 0 unspecified atom stereocenters. The summed E-state index contributed by atoms with van der Waals surface area (Å²) in [6.07, 6.45) is -0.763. The third kappa shape index (κ3) is 1.98. The summed E-state index contributed by atoms with van der Waals surface area (Å²) in [7, 11) is 0. The van der Waals surface area contributed by atoms with E-state index in [-0.39, 0.29) is 24.6 Å². The lowest BCUT2D eigenvalue weighted by atomic mass is 10.2. The molecule has 1 aromatic heterocycles. The average molecular weight is 225 g/mol. The van der Waals surface area contributed by atoms with Crippen molar-refractivity contribution in [3.63, 3.8) is 0 Å². The van der Waals surface area contributed by atoms with Gasteiger partial charge in [-0.3, -0.25) is 4.79 Å². The standard InChI is InChI=1S/C10H11NO5/c12-7-3-11(4-8(7)13)10(15)6-1-2-9(14)16-5-6/h1-2,5,7-8,12-13H,3-4H2/t7-,8+. The normalized spacial score (nSPS) is 24.8. The van der Waals surface area contributed by atoms with Crippen LogP contribution in [0.3, 0.4) is 0 Å². The maximum atomic E-state index is 11.8. The van der Waals surface area contributed by atoms with Crippen LogP contribution in [0.2, 0.25) is 0 Å². The molecule has 0 radical (unpaired) electrons. The van der Waals surface area contributed by atoms with Crippen molar-refractivity contribution < 1.29 is 19.4 Å². The molecule has 6 heteroatoms. The number of amides is 1. The second-order valence-corrected chi connectivity index (χ2v) is 3.69. The SMILES string of the molecule is O=C(c1ccc(=O)oc1)N1C[C@@H](O)[C@@H](O)C1. The Hall–Kier alpha value is -1.66. The van der Waals surface area contributed by atoms with Crippen LogP contribution in [0.15, 0.2) is 27.6 Å². The van der Waals surface area contributed by atoms with Crippen LogP contribution in [-0.4, -0.2) is 46.3 Å². The molecular weight excluding hydrogens is 214 g/mol. The molecule has 1 aliphatic rings. The van der Waals surface area contributed by atoms with Gasteiger partial charge in [-0.05, 0) is 6.07 Å². The monoisotopic (exact) mass is 225 g/mol. The van der Waals surface area contributed by atoms with Crippen LogP contribution in [-0.2, 0) is 0 Å². The quantitative estimate of drug-likeness (QED) is 0.627. The summed E-state index contributed by atoms with van der Waals surface area (Å²) < 4.78 is 4.56. The molecule has 1 aromatic rings. The summed E-state index contributed by atoms with van der Waals surface area (Å²) in [4.78, 5) is 23.8. The molecule has 2 heterocycles. The minimum Gasteiger partial charge on any atom is -0.430 e. The van der Waals surface area contributed by atoms with E-state index in [2.05, 4.69) is 4.42 Å². The van der Waals surface area contributed by atoms with E-state index in [1.807, 2.05) is 0 Å². The van der Waals surface area contributed by atoms with E-state index >= 15 is 0 Å². The maximum Gasteiger partial charge on any atom is 0.335 e. The lowest BCUT2D eigenvalue weighted by Gasteiger charge is -2.14. The van der Waals surface area contributed by atoms with E-state index in [1.165, 1.54) is 11.0 Å². The molecular formula is C10H11NO5. The van der Waals surface area contributed by atoms with E-state index in [1.54, 1.807) is 0 Å². The average Bonchev–Trinajstić information content (AvgIpc) is 2.59. The van der Waals surface area contributed by atoms with Gasteiger partial charge >= 0.3 is 5.63 Å². The molecule has 6 nitrogen and oxygen atoms in total. The zero-order valence-electron chi connectivity index (χ0n) is 8.37. The van der Waals surface area contributed by atoms with Gasteiger partial charge in [0.2, 0.25) is 0 Å². The first-order valence-electron chi connectivity index (χ1n) is 4.82. The second kappa shape index (κ2) is 4.07. The van der Waals surface area contributed by atoms with Crippen LogP contribution in [0.25, 0.3) is 0 Å². The Morgan fingerprint density at radius 1 is 1.31 bits per heavy atom. The number of carbonyl (C=O) groups is 1. The van der Waals surface area contributed by atoms with Gasteiger partial charge in [-0.1, -0.05) is 0 Å². The summed E-state index contributed by atoms with van der Waals surface area (Å²) >= 11 is 0. The van der Waals surface area contributed by atoms with Gasteiger partial charge in [0.1, 0.15) is 6.26 Å². The van der Waals surface area contributed by atoms with Crippen molar-refractivity contribution in [3.8, 4) is 0 Å². The highest BCUT2D eigenvalue weighted by Crippen LogP contribution is 2.13. The summed E-state index contributed by atoms with van der Waals surface area (Å²) in [5.41, 5.74) is -0.307. The van der Waals surface area contributed by atoms with Crippen LogP contribution >= 0.6 is 0 Å². The number of likely N-dealkylation sites (tertiary alicyclic amines) is 1. The summed E-state index contributed by atoms with van der Waals surface area (Å²) in [5.74, 6) is -0.376. The first-order chi connectivity index (χ1) is 7.58. The fourth-order valence-corrected chi connectivity index (χ4v) is 1.60. The predicted octanol–water partition coefficient (Wildman–Crippen LogP) is -1.18. The van der Waals surface area contributed by atoms with Crippen molar-refractivity contribution >= 4 is 5.91 Å². The minimum absolute atomic E-state index is 0.0825. The number of aliphatic hydroxyl groups excluding tert-OH is 2. The number of carbonyl (C=O) groups excluding carboxylic acids is 1. The molecule has 2 N–H and O–H groups in total. The van der Waals surface area contributed by atoms with Crippen molar-refractivity contribution in [1.82, 2.24) is 4.90 Å². The molecule has 1 fully saturated rings. The molecule has 0 spiro atoms. The summed E-state index contributed by atoms with van der Waals surface area (Å²) in [6.45, 7) is 0.165. The van der Waals surface area contributed by atoms with Crippen LogP contribution in [0.4, 0.5) is 0 Å². The van der Waals surface area contributed by atoms with Crippen LogP contribution in [0, 0.1) is 0 Å².